The SMILES string of the molecule is NS(=O)(=O)c1ccccc1S(=O)(=O)CC(=O)c1ccc(C#Cc2ccccc2)c(OCCOCC(F)(F)F)c1. The van der Waals surface area contributed by atoms with Gasteiger partial charge >= 0.3 is 6.18 Å². The summed E-state index contributed by atoms with van der Waals surface area (Å²) < 4.78 is 96.5. The van der Waals surface area contributed by atoms with Crippen molar-refractivity contribution in [1.29, 1.82) is 0 Å². The molecule has 13 heteroatoms. The van der Waals surface area contributed by atoms with Crippen LogP contribution >= 0.6 is 0 Å². The summed E-state index contributed by atoms with van der Waals surface area (Å²) in [5, 5.41) is 5.12. The van der Waals surface area contributed by atoms with Crippen LogP contribution in [-0.2, 0) is 24.6 Å². The number of rotatable bonds is 10. The van der Waals surface area contributed by atoms with Crippen molar-refractivity contribution in [2.24, 2.45) is 5.14 Å². The van der Waals surface area contributed by atoms with Crippen LogP contribution in [0.2, 0.25) is 0 Å². The lowest BCUT2D eigenvalue weighted by atomic mass is 10.1. The number of benzene rings is 3. The van der Waals surface area contributed by atoms with E-state index in [1.807, 2.05) is 0 Å². The molecule has 0 radical (unpaired) electrons. The predicted octanol–water partition coefficient (Wildman–Crippen LogP) is 3.35. The van der Waals surface area contributed by atoms with E-state index in [1.54, 1.807) is 30.3 Å². The molecule has 0 aliphatic carbocycles. The molecule has 0 heterocycles. The highest BCUT2D eigenvalue weighted by atomic mass is 32.2. The molecule has 0 spiro atoms. The van der Waals surface area contributed by atoms with Gasteiger partial charge in [-0.3, -0.25) is 4.79 Å². The molecule has 0 bridgehead atoms. The summed E-state index contributed by atoms with van der Waals surface area (Å²) >= 11 is 0. The molecule has 3 aromatic rings. The lowest BCUT2D eigenvalue weighted by molar-refractivity contribution is -0.175. The monoisotopic (exact) mass is 581 g/mol. The largest absolute Gasteiger partial charge is 0.490 e. The number of ketones is 1. The third kappa shape index (κ3) is 8.93. The molecule has 0 saturated heterocycles. The number of hydrogen-bond donors (Lipinski definition) is 1. The first-order chi connectivity index (χ1) is 18.3. The number of carbonyl (C=O) groups excluding carboxylic acids is 1. The number of nitrogens with two attached hydrogens (primary N) is 1. The molecule has 206 valence electrons. The van der Waals surface area contributed by atoms with Crippen LogP contribution in [0, 0.1) is 11.8 Å². The Kier molecular flexibility index (Phi) is 9.52. The number of carbonyl (C=O) groups is 1. The van der Waals surface area contributed by atoms with Gasteiger partial charge < -0.3 is 9.47 Å². The molecule has 3 rings (SSSR count). The van der Waals surface area contributed by atoms with E-state index in [-0.39, 0.29) is 23.5 Å². The van der Waals surface area contributed by atoms with Crippen LogP contribution in [0.15, 0.2) is 82.6 Å². The first kappa shape index (κ1) is 29.9. The highest BCUT2D eigenvalue weighted by Gasteiger charge is 2.28. The van der Waals surface area contributed by atoms with E-state index >= 15 is 0 Å². The normalized spacial score (nSPS) is 11.9. The minimum atomic E-state index is -4.51. The fourth-order valence-electron chi connectivity index (χ4n) is 3.25. The zero-order valence-electron chi connectivity index (χ0n) is 20.1. The summed E-state index contributed by atoms with van der Waals surface area (Å²) in [7, 11) is -8.82. The smallest absolute Gasteiger partial charge is 0.411 e. The Labute approximate surface area is 223 Å². The molecule has 0 aliphatic heterocycles. The average molecular weight is 582 g/mol. The van der Waals surface area contributed by atoms with E-state index in [2.05, 4.69) is 16.6 Å². The Balaban J connectivity index is 1.87. The lowest BCUT2D eigenvalue weighted by Gasteiger charge is -2.12. The van der Waals surface area contributed by atoms with Gasteiger partial charge in [0.1, 0.15) is 29.6 Å². The number of alkyl halides is 3. The van der Waals surface area contributed by atoms with Crippen LogP contribution in [0.4, 0.5) is 13.2 Å². The van der Waals surface area contributed by atoms with E-state index in [0.29, 0.717) is 5.56 Å². The van der Waals surface area contributed by atoms with E-state index in [0.717, 1.165) is 12.1 Å². The molecular formula is C26H22F3NO7S2. The predicted molar refractivity (Wildman–Crippen MR) is 135 cm³/mol. The van der Waals surface area contributed by atoms with Gasteiger partial charge in [-0.05, 0) is 42.5 Å². The molecule has 2 N–H and O–H groups in total. The number of sulfone groups is 1. The van der Waals surface area contributed by atoms with Gasteiger partial charge in [0.2, 0.25) is 10.0 Å². The molecule has 0 saturated carbocycles. The van der Waals surface area contributed by atoms with Gasteiger partial charge in [-0.15, -0.1) is 0 Å². The number of ether oxygens (including phenoxy) is 2. The number of halogens is 3. The van der Waals surface area contributed by atoms with Crippen LogP contribution in [-0.4, -0.2) is 54.4 Å². The van der Waals surface area contributed by atoms with E-state index in [1.165, 1.54) is 30.3 Å². The van der Waals surface area contributed by atoms with E-state index in [9.17, 15) is 34.8 Å². The molecule has 0 aliphatic rings. The van der Waals surface area contributed by atoms with E-state index in [4.69, 9.17) is 9.88 Å². The standard InChI is InChI=1S/C26H22F3NO7S2/c27-26(28,29)18-36-14-15-37-23-16-21(13-12-20(23)11-10-19-6-2-1-3-7-19)22(31)17-38(32,33)24-8-4-5-9-25(24)39(30,34)35/h1-9,12-13,16H,14-15,17-18H2,(H2,30,34,35). The number of Topliss-reactive ketones (excluding diaryl/α,β-unsaturated/α-hetero) is 1. The van der Waals surface area contributed by atoms with Crippen molar-refractivity contribution in [3.8, 4) is 17.6 Å². The summed E-state index contributed by atoms with van der Waals surface area (Å²) in [5.74, 6) is 3.79. The maximum absolute atomic E-state index is 12.9. The van der Waals surface area contributed by atoms with Crippen molar-refractivity contribution >= 4 is 25.6 Å². The third-order valence-electron chi connectivity index (χ3n) is 4.98. The molecule has 0 fully saturated rings. The van der Waals surface area contributed by atoms with Crippen LogP contribution in [0.5, 0.6) is 5.75 Å². The maximum atomic E-state index is 12.9. The highest BCUT2D eigenvalue weighted by Crippen LogP contribution is 2.24. The number of hydrogen-bond acceptors (Lipinski definition) is 7. The van der Waals surface area contributed by atoms with Crippen molar-refractivity contribution in [3.63, 3.8) is 0 Å². The minimum Gasteiger partial charge on any atom is -0.490 e. The first-order valence-corrected chi connectivity index (χ1v) is 14.3. The fourth-order valence-corrected chi connectivity index (χ4v) is 5.93. The van der Waals surface area contributed by atoms with Gasteiger partial charge in [-0.2, -0.15) is 13.2 Å². The molecular weight excluding hydrogens is 559 g/mol. The Morgan fingerprint density at radius 1 is 0.846 bits per heavy atom. The average Bonchev–Trinajstić information content (AvgIpc) is 2.87. The summed E-state index contributed by atoms with van der Waals surface area (Å²) in [5.41, 5.74) is 0.841. The topological polar surface area (TPSA) is 130 Å². The van der Waals surface area contributed by atoms with Gasteiger partial charge in [0.15, 0.2) is 15.6 Å². The second kappa shape index (κ2) is 12.4. The van der Waals surface area contributed by atoms with Crippen molar-refractivity contribution in [3.05, 3.63) is 89.5 Å². The quantitative estimate of drug-likeness (QED) is 0.221. The number of sulfonamides is 1. The van der Waals surface area contributed by atoms with E-state index < -0.39 is 60.6 Å². The minimum absolute atomic E-state index is 0.0159. The highest BCUT2D eigenvalue weighted by molar-refractivity contribution is 7.94. The second-order valence-electron chi connectivity index (χ2n) is 8.02. The first-order valence-electron chi connectivity index (χ1n) is 11.1. The van der Waals surface area contributed by atoms with Crippen molar-refractivity contribution in [1.82, 2.24) is 0 Å². The fraction of sp³-hybridized carbons (Fsp3) is 0.192. The van der Waals surface area contributed by atoms with Gasteiger partial charge in [-0.25, -0.2) is 22.0 Å². The maximum Gasteiger partial charge on any atom is 0.411 e. The van der Waals surface area contributed by atoms with Crippen molar-refractivity contribution < 1.29 is 44.3 Å². The van der Waals surface area contributed by atoms with Gasteiger partial charge in [-0.1, -0.05) is 42.2 Å². The van der Waals surface area contributed by atoms with Crippen LogP contribution in [0.3, 0.4) is 0 Å². The summed E-state index contributed by atoms with van der Waals surface area (Å²) in [6.45, 7) is -2.19. The molecule has 3 aromatic carbocycles. The van der Waals surface area contributed by atoms with Crippen LogP contribution in [0.1, 0.15) is 21.5 Å². The number of primary sulfonamides is 1. The molecule has 0 aromatic heterocycles. The molecule has 0 atom stereocenters. The third-order valence-corrected chi connectivity index (χ3v) is 7.75. The van der Waals surface area contributed by atoms with Crippen molar-refractivity contribution in [2.75, 3.05) is 25.6 Å². The molecule has 39 heavy (non-hydrogen) atoms. The molecule has 8 nitrogen and oxygen atoms in total. The Morgan fingerprint density at radius 3 is 2.13 bits per heavy atom. The van der Waals surface area contributed by atoms with Gasteiger partial charge in [0.25, 0.3) is 0 Å². The Bertz CT molecular complexity index is 1610. The Hall–Kier alpha value is -3.70. The summed E-state index contributed by atoms with van der Waals surface area (Å²) in [6, 6.07) is 17.4. The zero-order chi connectivity index (χ0) is 28.7. The van der Waals surface area contributed by atoms with Gasteiger partial charge in [0.05, 0.1) is 17.1 Å². The lowest BCUT2D eigenvalue weighted by Crippen LogP contribution is -2.21. The summed E-state index contributed by atoms with van der Waals surface area (Å²) in [4.78, 5) is 11.7. The van der Waals surface area contributed by atoms with Crippen LogP contribution < -0.4 is 9.88 Å². The zero-order valence-corrected chi connectivity index (χ0v) is 21.8. The molecule has 0 amide bonds. The Morgan fingerprint density at radius 2 is 1.49 bits per heavy atom. The summed E-state index contributed by atoms with van der Waals surface area (Å²) in [6.07, 6.45) is -4.51. The van der Waals surface area contributed by atoms with Crippen molar-refractivity contribution in [2.45, 2.75) is 16.0 Å². The second-order valence-corrected chi connectivity index (χ2v) is 11.5. The van der Waals surface area contributed by atoms with Crippen LogP contribution in [0.25, 0.3) is 0 Å². The molecule has 0 unspecified atom stereocenters. The van der Waals surface area contributed by atoms with Gasteiger partial charge in [0, 0.05) is 11.1 Å².